The molecule has 0 atom stereocenters. The molecule has 0 aliphatic carbocycles. The highest BCUT2D eigenvalue weighted by Crippen LogP contribution is 2.18. The first kappa shape index (κ1) is 13.2. The summed E-state index contributed by atoms with van der Waals surface area (Å²) in [4.78, 5) is 6.09. The second-order valence-electron chi connectivity index (χ2n) is 3.94. The van der Waals surface area contributed by atoms with Crippen molar-refractivity contribution in [3.63, 3.8) is 0 Å². The van der Waals surface area contributed by atoms with Crippen molar-refractivity contribution in [3.05, 3.63) is 23.4 Å². The fraction of sp³-hybridized carbons (Fsp3) is 0.455. The Hall–Kier alpha value is -1.82. The van der Waals surface area contributed by atoms with Crippen molar-refractivity contribution < 1.29 is 9.94 Å². The molecular formula is C11H18N4O2. The molecule has 6 nitrogen and oxygen atoms in total. The average molecular weight is 238 g/mol. The maximum Gasteiger partial charge on any atom is 0.224 e. The number of aromatic nitrogens is 1. The molecule has 94 valence electrons. The highest BCUT2D eigenvalue weighted by Gasteiger charge is 2.12. The van der Waals surface area contributed by atoms with E-state index in [-0.39, 0.29) is 5.84 Å². The van der Waals surface area contributed by atoms with Gasteiger partial charge in [-0.3, -0.25) is 0 Å². The van der Waals surface area contributed by atoms with Gasteiger partial charge in [-0.25, -0.2) is 4.98 Å². The highest BCUT2D eigenvalue weighted by molar-refractivity contribution is 6.00. The van der Waals surface area contributed by atoms with E-state index in [1.54, 1.807) is 12.3 Å². The number of nitrogens with zero attached hydrogens (tertiary/aromatic N) is 3. The van der Waals surface area contributed by atoms with E-state index in [0.717, 1.165) is 12.1 Å². The van der Waals surface area contributed by atoms with Gasteiger partial charge >= 0.3 is 0 Å². The zero-order valence-electron chi connectivity index (χ0n) is 10.3. The van der Waals surface area contributed by atoms with Crippen LogP contribution >= 0.6 is 0 Å². The van der Waals surface area contributed by atoms with Crippen molar-refractivity contribution in [2.45, 2.75) is 6.92 Å². The SMILES string of the molecule is Cc1ccnc(OCCN(C)C)c1/C(N)=N/O. The maximum absolute atomic E-state index is 8.72. The number of nitrogens with two attached hydrogens (primary N) is 1. The molecule has 6 heteroatoms. The van der Waals surface area contributed by atoms with Crippen LogP contribution < -0.4 is 10.5 Å². The first-order valence-electron chi connectivity index (χ1n) is 5.27. The molecule has 1 heterocycles. The van der Waals surface area contributed by atoms with Gasteiger partial charge in [-0.1, -0.05) is 5.16 Å². The molecule has 1 aromatic rings. The molecule has 1 aromatic heterocycles. The highest BCUT2D eigenvalue weighted by atomic mass is 16.5. The summed E-state index contributed by atoms with van der Waals surface area (Å²) in [6.07, 6.45) is 1.63. The van der Waals surface area contributed by atoms with Gasteiger partial charge in [-0.2, -0.15) is 0 Å². The Balaban J connectivity index is 2.88. The van der Waals surface area contributed by atoms with Crippen molar-refractivity contribution in [1.82, 2.24) is 9.88 Å². The van der Waals surface area contributed by atoms with Crippen molar-refractivity contribution in [2.75, 3.05) is 27.2 Å². The van der Waals surface area contributed by atoms with Crippen LogP contribution in [-0.2, 0) is 0 Å². The fourth-order valence-corrected chi connectivity index (χ4v) is 1.33. The van der Waals surface area contributed by atoms with E-state index >= 15 is 0 Å². The summed E-state index contributed by atoms with van der Waals surface area (Å²) in [5.74, 6) is 0.401. The maximum atomic E-state index is 8.72. The van der Waals surface area contributed by atoms with Gasteiger partial charge in [-0.15, -0.1) is 0 Å². The van der Waals surface area contributed by atoms with Gasteiger partial charge in [0.2, 0.25) is 5.88 Å². The molecule has 0 unspecified atom stereocenters. The summed E-state index contributed by atoms with van der Waals surface area (Å²) in [6, 6.07) is 1.78. The number of ether oxygens (including phenoxy) is 1. The second-order valence-corrected chi connectivity index (χ2v) is 3.94. The molecule has 0 saturated heterocycles. The molecule has 0 fully saturated rings. The number of hydrogen-bond donors (Lipinski definition) is 2. The van der Waals surface area contributed by atoms with Crippen LogP contribution in [0.3, 0.4) is 0 Å². The molecule has 0 amide bonds. The van der Waals surface area contributed by atoms with Gasteiger partial charge < -0.3 is 20.6 Å². The van der Waals surface area contributed by atoms with E-state index in [1.165, 1.54) is 0 Å². The van der Waals surface area contributed by atoms with Gasteiger partial charge in [0, 0.05) is 12.7 Å². The first-order valence-corrected chi connectivity index (χ1v) is 5.27. The summed E-state index contributed by atoms with van der Waals surface area (Å²) in [5.41, 5.74) is 6.99. The molecule has 0 bridgehead atoms. The van der Waals surface area contributed by atoms with E-state index in [4.69, 9.17) is 15.7 Å². The van der Waals surface area contributed by atoms with Crippen LogP contribution in [0.4, 0.5) is 0 Å². The van der Waals surface area contributed by atoms with Gasteiger partial charge in [0.05, 0.1) is 5.56 Å². The topological polar surface area (TPSA) is 84.0 Å². The minimum absolute atomic E-state index is 0.00968. The lowest BCUT2D eigenvalue weighted by Gasteiger charge is -2.13. The quantitative estimate of drug-likeness (QED) is 0.336. The summed E-state index contributed by atoms with van der Waals surface area (Å²) in [5, 5.41) is 11.7. The third-order valence-corrected chi connectivity index (χ3v) is 2.27. The largest absolute Gasteiger partial charge is 0.476 e. The van der Waals surface area contributed by atoms with E-state index < -0.39 is 0 Å². The van der Waals surface area contributed by atoms with E-state index in [0.29, 0.717) is 18.1 Å². The molecule has 0 aliphatic heterocycles. The summed E-state index contributed by atoms with van der Waals surface area (Å²) >= 11 is 0. The lowest BCUT2D eigenvalue weighted by molar-refractivity contribution is 0.253. The minimum Gasteiger partial charge on any atom is -0.476 e. The molecule has 0 aromatic carbocycles. The molecule has 0 spiro atoms. The Morgan fingerprint density at radius 1 is 1.59 bits per heavy atom. The number of oxime groups is 1. The number of pyridine rings is 1. The Bertz CT molecular complexity index is 404. The predicted molar refractivity (Wildman–Crippen MR) is 65.5 cm³/mol. The zero-order chi connectivity index (χ0) is 12.8. The molecule has 0 saturated carbocycles. The number of rotatable bonds is 5. The average Bonchev–Trinajstić information content (AvgIpc) is 2.28. The van der Waals surface area contributed by atoms with Crippen LogP contribution in [0, 0.1) is 6.92 Å². The van der Waals surface area contributed by atoms with Crippen molar-refractivity contribution in [1.29, 1.82) is 0 Å². The molecular weight excluding hydrogens is 220 g/mol. The Kier molecular flexibility index (Phi) is 4.71. The van der Waals surface area contributed by atoms with Crippen molar-refractivity contribution >= 4 is 5.84 Å². The van der Waals surface area contributed by atoms with Gasteiger partial charge in [-0.05, 0) is 32.6 Å². The first-order chi connectivity index (χ1) is 8.06. The summed E-state index contributed by atoms with van der Waals surface area (Å²) in [6.45, 7) is 3.12. The van der Waals surface area contributed by atoms with Crippen molar-refractivity contribution in [2.24, 2.45) is 10.9 Å². The van der Waals surface area contributed by atoms with Gasteiger partial charge in [0.15, 0.2) is 5.84 Å². The molecule has 1 rings (SSSR count). The Morgan fingerprint density at radius 3 is 2.88 bits per heavy atom. The van der Waals surface area contributed by atoms with E-state index in [9.17, 15) is 0 Å². The number of aryl methyl sites for hydroxylation is 1. The molecule has 17 heavy (non-hydrogen) atoms. The third-order valence-electron chi connectivity index (χ3n) is 2.27. The number of amidine groups is 1. The minimum atomic E-state index is 0.00968. The third kappa shape index (κ3) is 3.60. The van der Waals surface area contributed by atoms with Crippen LogP contribution in [-0.4, -0.2) is 48.2 Å². The van der Waals surface area contributed by atoms with E-state index in [1.807, 2.05) is 25.9 Å². The summed E-state index contributed by atoms with van der Waals surface area (Å²) in [7, 11) is 3.91. The Morgan fingerprint density at radius 2 is 2.29 bits per heavy atom. The molecule has 3 N–H and O–H groups in total. The van der Waals surface area contributed by atoms with Crippen molar-refractivity contribution in [3.8, 4) is 5.88 Å². The van der Waals surface area contributed by atoms with Crippen LogP contribution in [0.1, 0.15) is 11.1 Å². The lowest BCUT2D eigenvalue weighted by atomic mass is 10.1. The lowest BCUT2D eigenvalue weighted by Crippen LogP contribution is -2.22. The van der Waals surface area contributed by atoms with Gasteiger partial charge in [0.1, 0.15) is 6.61 Å². The summed E-state index contributed by atoms with van der Waals surface area (Å²) < 4.78 is 5.53. The standard InChI is InChI=1S/C11H18N4O2/c1-8-4-5-13-11(9(8)10(12)14-16)17-7-6-15(2)3/h4-5,16H,6-7H2,1-3H3,(H2,12,14). The smallest absolute Gasteiger partial charge is 0.224 e. The number of likely N-dealkylation sites (N-methyl/N-ethyl adjacent to an activating group) is 1. The van der Waals surface area contributed by atoms with Crippen LogP contribution in [0.15, 0.2) is 17.4 Å². The second kappa shape index (κ2) is 6.05. The van der Waals surface area contributed by atoms with Gasteiger partial charge in [0.25, 0.3) is 0 Å². The van der Waals surface area contributed by atoms with E-state index in [2.05, 4.69) is 10.1 Å². The molecule has 0 aliphatic rings. The van der Waals surface area contributed by atoms with Crippen LogP contribution in [0.25, 0.3) is 0 Å². The predicted octanol–water partition coefficient (Wildman–Crippen LogP) is 0.425. The normalized spacial score (nSPS) is 11.9. The Labute approximate surface area is 101 Å². The fourth-order valence-electron chi connectivity index (χ4n) is 1.33. The molecule has 0 radical (unpaired) electrons. The van der Waals surface area contributed by atoms with Crippen LogP contribution in [0.5, 0.6) is 5.88 Å². The zero-order valence-corrected chi connectivity index (χ0v) is 10.3. The monoisotopic (exact) mass is 238 g/mol. The number of hydrogen-bond acceptors (Lipinski definition) is 5. The van der Waals surface area contributed by atoms with Crippen LogP contribution in [0.2, 0.25) is 0 Å².